The number of halogens is 1. The highest BCUT2D eigenvalue weighted by atomic mass is 19.1. The topological polar surface area (TPSA) is 72.5 Å². The van der Waals surface area contributed by atoms with Gasteiger partial charge in [-0.15, -0.1) is 0 Å². The van der Waals surface area contributed by atoms with Crippen molar-refractivity contribution in [1.82, 2.24) is 5.32 Å². The molecule has 0 saturated heterocycles. The van der Waals surface area contributed by atoms with E-state index in [0.29, 0.717) is 12.1 Å². The predicted octanol–water partition coefficient (Wildman–Crippen LogP) is 3.04. The number of benzene rings is 2. The third-order valence-corrected chi connectivity index (χ3v) is 3.71. The van der Waals surface area contributed by atoms with Gasteiger partial charge in [-0.05, 0) is 36.8 Å². The molecule has 5 nitrogen and oxygen atoms in total. The summed E-state index contributed by atoms with van der Waals surface area (Å²) in [5, 5.41) is 2.68. The maximum Gasteiger partial charge on any atom is 0.307 e. The third-order valence-electron chi connectivity index (χ3n) is 3.71. The maximum absolute atomic E-state index is 12.8. The SMILES string of the molecule is C[C@@H](OC(=O)CCC(=O)c1ccc(F)cc1)C(=O)NCc1ccccc1. The first-order valence-corrected chi connectivity index (χ1v) is 8.25. The van der Waals surface area contributed by atoms with E-state index in [1.165, 1.54) is 31.2 Å². The van der Waals surface area contributed by atoms with Crippen molar-refractivity contribution in [2.45, 2.75) is 32.4 Å². The van der Waals surface area contributed by atoms with Gasteiger partial charge >= 0.3 is 5.97 Å². The van der Waals surface area contributed by atoms with Gasteiger partial charge in [-0.3, -0.25) is 14.4 Å². The number of Topliss-reactive ketones (excluding diaryl/α,β-unsaturated/α-hetero) is 1. The molecule has 6 heteroatoms. The summed E-state index contributed by atoms with van der Waals surface area (Å²) in [5.41, 5.74) is 1.26. The van der Waals surface area contributed by atoms with Crippen molar-refractivity contribution < 1.29 is 23.5 Å². The van der Waals surface area contributed by atoms with Gasteiger partial charge in [-0.2, -0.15) is 0 Å². The van der Waals surface area contributed by atoms with Crippen LogP contribution in [0.1, 0.15) is 35.7 Å². The van der Waals surface area contributed by atoms with Crippen LogP contribution in [0.2, 0.25) is 0 Å². The summed E-state index contributed by atoms with van der Waals surface area (Å²) in [5.74, 6) is -1.77. The van der Waals surface area contributed by atoms with E-state index in [4.69, 9.17) is 4.74 Å². The molecule has 136 valence electrons. The second-order valence-electron chi connectivity index (χ2n) is 5.77. The number of hydrogen-bond donors (Lipinski definition) is 1. The Balaban J connectivity index is 1.73. The van der Waals surface area contributed by atoms with Gasteiger partial charge in [-0.1, -0.05) is 30.3 Å². The van der Waals surface area contributed by atoms with E-state index < -0.39 is 23.8 Å². The van der Waals surface area contributed by atoms with E-state index in [0.717, 1.165) is 5.56 Å². The molecule has 2 aromatic carbocycles. The maximum atomic E-state index is 12.8. The summed E-state index contributed by atoms with van der Waals surface area (Å²) < 4.78 is 17.9. The van der Waals surface area contributed by atoms with Crippen LogP contribution in [-0.4, -0.2) is 23.8 Å². The standard InChI is InChI=1S/C20H20FNO4/c1-14(20(25)22-13-15-5-3-2-4-6-15)26-19(24)12-11-18(23)16-7-9-17(21)10-8-16/h2-10,14H,11-13H2,1H3,(H,22,25)/t14-/m1/s1. The Morgan fingerprint density at radius 2 is 1.65 bits per heavy atom. The van der Waals surface area contributed by atoms with Gasteiger partial charge in [0.2, 0.25) is 0 Å². The van der Waals surface area contributed by atoms with Crippen LogP contribution in [0.15, 0.2) is 54.6 Å². The lowest BCUT2D eigenvalue weighted by molar-refractivity contribution is -0.154. The number of carbonyl (C=O) groups is 3. The quantitative estimate of drug-likeness (QED) is 0.582. The van der Waals surface area contributed by atoms with E-state index in [1.54, 1.807) is 0 Å². The minimum atomic E-state index is -0.952. The van der Waals surface area contributed by atoms with Crippen LogP contribution < -0.4 is 5.32 Å². The Hall–Kier alpha value is -3.02. The van der Waals surface area contributed by atoms with Crippen molar-refractivity contribution in [2.75, 3.05) is 0 Å². The first-order chi connectivity index (χ1) is 12.5. The zero-order valence-electron chi connectivity index (χ0n) is 14.4. The third kappa shape index (κ3) is 6.12. The van der Waals surface area contributed by atoms with E-state index in [-0.39, 0.29) is 18.6 Å². The van der Waals surface area contributed by atoms with Gasteiger partial charge < -0.3 is 10.1 Å². The molecule has 1 N–H and O–H groups in total. The van der Waals surface area contributed by atoms with Crippen molar-refractivity contribution in [3.63, 3.8) is 0 Å². The van der Waals surface area contributed by atoms with Crippen molar-refractivity contribution in [3.8, 4) is 0 Å². The molecule has 0 radical (unpaired) electrons. The normalized spacial score (nSPS) is 11.5. The Bertz CT molecular complexity index is 759. The summed E-state index contributed by atoms with van der Waals surface area (Å²) in [4.78, 5) is 35.7. The number of hydrogen-bond acceptors (Lipinski definition) is 4. The molecule has 0 aliphatic rings. The minimum Gasteiger partial charge on any atom is -0.453 e. The molecule has 0 aliphatic carbocycles. The molecule has 0 saturated carbocycles. The Morgan fingerprint density at radius 1 is 1.00 bits per heavy atom. The van der Waals surface area contributed by atoms with Crippen LogP contribution in [0.4, 0.5) is 4.39 Å². The van der Waals surface area contributed by atoms with Crippen LogP contribution in [0, 0.1) is 5.82 Å². The largest absolute Gasteiger partial charge is 0.453 e. The lowest BCUT2D eigenvalue weighted by Gasteiger charge is -2.13. The number of esters is 1. The fraction of sp³-hybridized carbons (Fsp3) is 0.250. The number of ketones is 1. The summed E-state index contributed by atoms with van der Waals surface area (Å²) in [6.07, 6.45) is -1.16. The molecule has 0 aliphatic heterocycles. The zero-order chi connectivity index (χ0) is 18.9. The first-order valence-electron chi connectivity index (χ1n) is 8.25. The van der Waals surface area contributed by atoms with E-state index in [1.807, 2.05) is 30.3 Å². The van der Waals surface area contributed by atoms with Gasteiger partial charge in [0.25, 0.3) is 5.91 Å². The van der Waals surface area contributed by atoms with Gasteiger partial charge in [0, 0.05) is 18.5 Å². The summed E-state index contributed by atoms with van der Waals surface area (Å²) in [7, 11) is 0. The second kappa shape index (κ2) is 9.46. The second-order valence-corrected chi connectivity index (χ2v) is 5.77. The average molecular weight is 357 g/mol. The van der Waals surface area contributed by atoms with E-state index >= 15 is 0 Å². The van der Waals surface area contributed by atoms with Crippen LogP contribution in [0.5, 0.6) is 0 Å². The van der Waals surface area contributed by atoms with Gasteiger partial charge in [0.05, 0.1) is 6.42 Å². The highest BCUT2D eigenvalue weighted by Gasteiger charge is 2.18. The average Bonchev–Trinajstić information content (AvgIpc) is 2.65. The fourth-order valence-corrected chi connectivity index (χ4v) is 2.23. The summed E-state index contributed by atoms with van der Waals surface area (Å²) in [6, 6.07) is 14.5. The van der Waals surface area contributed by atoms with Crippen LogP contribution >= 0.6 is 0 Å². The molecular weight excluding hydrogens is 337 g/mol. The molecule has 2 rings (SSSR count). The Labute approximate surface area is 151 Å². The minimum absolute atomic E-state index is 0.0666. The lowest BCUT2D eigenvalue weighted by atomic mass is 10.1. The first kappa shape index (κ1) is 19.3. The molecule has 2 aromatic rings. The van der Waals surface area contributed by atoms with E-state index in [2.05, 4.69) is 5.32 Å². The highest BCUT2D eigenvalue weighted by Crippen LogP contribution is 2.08. The molecule has 0 unspecified atom stereocenters. The summed E-state index contributed by atoms with van der Waals surface area (Å²) >= 11 is 0. The molecule has 0 spiro atoms. The molecule has 0 heterocycles. The van der Waals surface area contributed by atoms with E-state index in [9.17, 15) is 18.8 Å². The van der Waals surface area contributed by atoms with Gasteiger partial charge in [0.15, 0.2) is 11.9 Å². The van der Waals surface area contributed by atoms with Crippen molar-refractivity contribution >= 4 is 17.7 Å². The number of ether oxygens (including phenoxy) is 1. The number of nitrogens with one attached hydrogen (secondary N) is 1. The number of amides is 1. The van der Waals surface area contributed by atoms with Crippen LogP contribution in [0.3, 0.4) is 0 Å². The molecule has 1 amide bonds. The molecule has 0 aromatic heterocycles. The highest BCUT2D eigenvalue weighted by molar-refractivity contribution is 5.97. The number of rotatable bonds is 8. The zero-order valence-corrected chi connectivity index (χ0v) is 14.4. The molecule has 1 atom stereocenters. The van der Waals surface area contributed by atoms with Crippen molar-refractivity contribution in [1.29, 1.82) is 0 Å². The van der Waals surface area contributed by atoms with Crippen LogP contribution in [-0.2, 0) is 20.9 Å². The molecular formula is C20H20FNO4. The molecule has 0 bridgehead atoms. The smallest absolute Gasteiger partial charge is 0.307 e. The lowest BCUT2D eigenvalue weighted by Crippen LogP contribution is -2.35. The fourth-order valence-electron chi connectivity index (χ4n) is 2.23. The Morgan fingerprint density at radius 3 is 2.31 bits per heavy atom. The Kier molecular flexibility index (Phi) is 7.02. The summed E-state index contributed by atoms with van der Waals surface area (Å²) in [6.45, 7) is 1.81. The van der Waals surface area contributed by atoms with Gasteiger partial charge in [-0.25, -0.2) is 4.39 Å². The van der Waals surface area contributed by atoms with Crippen LogP contribution in [0.25, 0.3) is 0 Å². The molecule has 26 heavy (non-hydrogen) atoms. The van der Waals surface area contributed by atoms with Crippen molar-refractivity contribution in [2.24, 2.45) is 0 Å². The van der Waals surface area contributed by atoms with Gasteiger partial charge in [0.1, 0.15) is 5.82 Å². The van der Waals surface area contributed by atoms with Crippen molar-refractivity contribution in [3.05, 3.63) is 71.5 Å². The molecule has 0 fully saturated rings. The predicted molar refractivity (Wildman–Crippen MR) is 93.8 cm³/mol. The number of carbonyl (C=O) groups excluding carboxylic acids is 3. The monoisotopic (exact) mass is 357 g/mol.